The Morgan fingerprint density at radius 1 is 1.09 bits per heavy atom. The van der Waals surface area contributed by atoms with Crippen molar-refractivity contribution >= 4 is 11.9 Å². The molecule has 5 heteroatoms. The number of nitrogens with zero attached hydrogens (tertiary/aromatic N) is 1. The molecule has 5 nitrogen and oxygen atoms in total. The van der Waals surface area contributed by atoms with Gasteiger partial charge in [0, 0.05) is 0 Å². The van der Waals surface area contributed by atoms with Crippen molar-refractivity contribution in [3.8, 4) is 5.75 Å². The van der Waals surface area contributed by atoms with E-state index in [-0.39, 0.29) is 11.9 Å². The Morgan fingerprint density at radius 2 is 1.73 bits per heavy atom. The van der Waals surface area contributed by atoms with Crippen molar-refractivity contribution in [1.82, 2.24) is 0 Å². The fourth-order valence-electron chi connectivity index (χ4n) is 2.24. The van der Waals surface area contributed by atoms with Crippen molar-refractivity contribution in [2.24, 2.45) is 16.5 Å². The summed E-state index contributed by atoms with van der Waals surface area (Å²) in [7, 11) is 1.60. The predicted octanol–water partition coefficient (Wildman–Crippen LogP) is 1.82. The summed E-state index contributed by atoms with van der Waals surface area (Å²) in [4.78, 5) is 16.0. The van der Waals surface area contributed by atoms with Crippen molar-refractivity contribution in [2.45, 2.75) is 12.3 Å². The molecule has 0 saturated carbocycles. The third kappa shape index (κ3) is 4.09. The average Bonchev–Trinajstić information content (AvgIpc) is 2.53. The first-order valence-electron chi connectivity index (χ1n) is 6.91. The van der Waals surface area contributed by atoms with Crippen LogP contribution < -0.4 is 16.2 Å². The van der Waals surface area contributed by atoms with Gasteiger partial charge in [-0.05, 0) is 29.7 Å². The monoisotopic (exact) mass is 297 g/mol. The Labute approximate surface area is 129 Å². The standard InChI is InChI=1S/C17H19N3O2/c1-22-14-9-7-13(8-10-14)15(16(21)20-17(18)19)11-12-5-3-2-4-6-12/h2-10,15H,11H2,1H3,(H4,18,19,20,21)/t15-/m0/s1. The molecule has 0 heterocycles. The normalized spacial score (nSPS) is 11.5. The summed E-state index contributed by atoms with van der Waals surface area (Å²) >= 11 is 0. The van der Waals surface area contributed by atoms with Gasteiger partial charge >= 0.3 is 0 Å². The minimum atomic E-state index is -0.435. The smallest absolute Gasteiger partial charge is 0.256 e. The zero-order valence-electron chi connectivity index (χ0n) is 12.4. The molecular weight excluding hydrogens is 278 g/mol. The number of methoxy groups -OCH3 is 1. The second-order valence-electron chi connectivity index (χ2n) is 4.89. The molecule has 0 unspecified atom stereocenters. The van der Waals surface area contributed by atoms with Crippen LogP contribution in [-0.2, 0) is 11.2 Å². The van der Waals surface area contributed by atoms with Crippen LogP contribution in [0.4, 0.5) is 0 Å². The lowest BCUT2D eigenvalue weighted by Crippen LogP contribution is -2.26. The van der Waals surface area contributed by atoms with Crippen LogP contribution in [0.1, 0.15) is 17.0 Å². The molecule has 2 aromatic carbocycles. The summed E-state index contributed by atoms with van der Waals surface area (Å²) in [5.41, 5.74) is 12.6. The van der Waals surface area contributed by atoms with Gasteiger partial charge in [0.1, 0.15) is 5.75 Å². The molecule has 4 N–H and O–H groups in total. The highest BCUT2D eigenvalue weighted by Crippen LogP contribution is 2.24. The largest absolute Gasteiger partial charge is 0.497 e. The summed E-state index contributed by atoms with van der Waals surface area (Å²) in [6.07, 6.45) is 0.531. The molecule has 0 spiro atoms. The minimum Gasteiger partial charge on any atom is -0.497 e. The maximum Gasteiger partial charge on any atom is 0.256 e. The van der Waals surface area contributed by atoms with Gasteiger partial charge in [0.05, 0.1) is 13.0 Å². The Bertz CT molecular complexity index is 647. The molecule has 1 atom stereocenters. The zero-order valence-corrected chi connectivity index (χ0v) is 12.4. The molecule has 22 heavy (non-hydrogen) atoms. The Morgan fingerprint density at radius 3 is 2.27 bits per heavy atom. The SMILES string of the molecule is COc1ccc([C@H](Cc2ccccc2)C(=O)N=C(N)N)cc1. The maximum atomic E-state index is 12.3. The lowest BCUT2D eigenvalue weighted by atomic mass is 9.91. The fourth-order valence-corrected chi connectivity index (χ4v) is 2.24. The molecule has 0 aromatic heterocycles. The van der Waals surface area contributed by atoms with Crippen LogP contribution in [0, 0.1) is 0 Å². The number of carbonyl (C=O) groups excluding carboxylic acids is 1. The molecule has 1 amide bonds. The number of guanidine groups is 1. The first-order valence-corrected chi connectivity index (χ1v) is 6.91. The number of carbonyl (C=O) groups is 1. The lowest BCUT2D eigenvalue weighted by molar-refractivity contribution is -0.119. The van der Waals surface area contributed by atoms with Crippen molar-refractivity contribution in [3.05, 3.63) is 65.7 Å². The van der Waals surface area contributed by atoms with E-state index in [1.54, 1.807) is 7.11 Å². The summed E-state index contributed by atoms with van der Waals surface area (Å²) in [5.74, 6) is -0.280. The van der Waals surface area contributed by atoms with E-state index in [2.05, 4.69) is 4.99 Å². The maximum absolute atomic E-state index is 12.3. The number of benzene rings is 2. The quantitative estimate of drug-likeness (QED) is 0.650. The number of hydrogen-bond acceptors (Lipinski definition) is 2. The van der Waals surface area contributed by atoms with Gasteiger partial charge < -0.3 is 16.2 Å². The van der Waals surface area contributed by atoms with Crippen molar-refractivity contribution in [1.29, 1.82) is 0 Å². The van der Waals surface area contributed by atoms with E-state index >= 15 is 0 Å². The molecule has 0 aliphatic heterocycles. The van der Waals surface area contributed by atoms with Gasteiger partial charge in [0.2, 0.25) is 0 Å². The second kappa shape index (κ2) is 7.26. The van der Waals surface area contributed by atoms with E-state index in [4.69, 9.17) is 16.2 Å². The zero-order chi connectivity index (χ0) is 15.9. The highest BCUT2D eigenvalue weighted by molar-refractivity contribution is 5.95. The first kappa shape index (κ1) is 15.6. The van der Waals surface area contributed by atoms with Crippen LogP contribution in [0.2, 0.25) is 0 Å². The number of ether oxygens (including phenoxy) is 1. The summed E-state index contributed by atoms with van der Waals surface area (Å²) < 4.78 is 5.14. The molecule has 0 radical (unpaired) electrons. The topological polar surface area (TPSA) is 90.7 Å². The molecule has 0 bridgehead atoms. The minimum absolute atomic E-state index is 0.225. The van der Waals surface area contributed by atoms with Crippen molar-refractivity contribution in [3.63, 3.8) is 0 Å². The summed E-state index contributed by atoms with van der Waals surface area (Å²) in [5, 5.41) is 0. The van der Waals surface area contributed by atoms with E-state index in [9.17, 15) is 4.79 Å². The fraction of sp³-hybridized carbons (Fsp3) is 0.176. The van der Waals surface area contributed by atoms with E-state index in [0.717, 1.165) is 16.9 Å². The molecular formula is C17H19N3O2. The van der Waals surface area contributed by atoms with E-state index < -0.39 is 5.92 Å². The highest BCUT2D eigenvalue weighted by atomic mass is 16.5. The molecule has 0 fully saturated rings. The van der Waals surface area contributed by atoms with Crippen molar-refractivity contribution < 1.29 is 9.53 Å². The van der Waals surface area contributed by atoms with Crippen LogP contribution in [-0.4, -0.2) is 19.0 Å². The number of rotatable bonds is 5. The van der Waals surface area contributed by atoms with E-state index in [0.29, 0.717) is 6.42 Å². The number of hydrogen-bond donors (Lipinski definition) is 2. The molecule has 2 aromatic rings. The van der Waals surface area contributed by atoms with Crippen LogP contribution in [0.25, 0.3) is 0 Å². The lowest BCUT2D eigenvalue weighted by Gasteiger charge is -2.14. The average molecular weight is 297 g/mol. The van der Waals surface area contributed by atoms with Gasteiger partial charge in [-0.15, -0.1) is 0 Å². The van der Waals surface area contributed by atoms with E-state index in [1.807, 2.05) is 54.6 Å². The second-order valence-corrected chi connectivity index (χ2v) is 4.89. The molecule has 0 saturated heterocycles. The molecule has 0 aliphatic carbocycles. The Kier molecular flexibility index (Phi) is 5.14. The third-order valence-corrected chi connectivity index (χ3v) is 3.34. The van der Waals surface area contributed by atoms with Crippen LogP contribution >= 0.6 is 0 Å². The van der Waals surface area contributed by atoms with Gasteiger partial charge in [-0.25, -0.2) is 0 Å². The van der Waals surface area contributed by atoms with Gasteiger partial charge in [0.25, 0.3) is 5.91 Å². The molecule has 114 valence electrons. The predicted molar refractivity (Wildman–Crippen MR) is 86.7 cm³/mol. The van der Waals surface area contributed by atoms with Crippen molar-refractivity contribution in [2.75, 3.05) is 7.11 Å². The first-order chi connectivity index (χ1) is 10.6. The summed E-state index contributed by atoms with van der Waals surface area (Å²) in [6.45, 7) is 0. The Balaban J connectivity index is 2.31. The van der Waals surface area contributed by atoms with Gasteiger partial charge in [0.15, 0.2) is 5.96 Å². The Hall–Kier alpha value is -2.82. The van der Waals surface area contributed by atoms with Crippen LogP contribution in [0.15, 0.2) is 59.6 Å². The number of nitrogens with two attached hydrogens (primary N) is 2. The van der Waals surface area contributed by atoms with E-state index in [1.165, 1.54) is 0 Å². The van der Waals surface area contributed by atoms with Crippen LogP contribution in [0.3, 0.4) is 0 Å². The summed E-state index contributed by atoms with van der Waals surface area (Å²) in [6, 6.07) is 17.1. The van der Waals surface area contributed by atoms with Gasteiger partial charge in [-0.3, -0.25) is 4.79 Å². The third-order valence-electron chi connectivity index (χ3n) is 3.34. The molecule has 2 rings (SSSR count). The molecule has 0 aliphatic rings. The number of amides is 1. The van der Waals surface area contributed by atoms with Gasteiger partial charge in [-0.1, -0.05) is 42.5 Å². The number of aliphatic imine (C=N–C) groups is 1. The van der Waals surface area contributed by atoms with Gasteiger partial charge in [-0.2, -0.15) is 4.99 Å². The van der Waals surface area contributed by atoms with Crippen LogP contribution in [0.5, 0.6) is 5.75 Å². The highest BCUT2D eigenvalue weighted by Gasteiger charge is 2.21.